The summed E-state index contributed by atoms with van der Waals surface area (Å²) < 4.78 is 1.45. The van der Waals surface area contributed by atoms with Crippen LogP contribution in [0.1, 0.15) is 10.9 Å². The Morgan fingerprint density at radius 1 is 1.45 bits per heavy atom. The van der Waals surface area contributed by atoms with Crippen LogP contribution >= 0.6 is 35.3 Å². The molecule has 20 heavy (non-hydrogen) atoms. The molecule has 3 rings (SSSR count). The standard InChI is InChI=1S/C13H7N3OS3/c14-6-7(5-10-11(17)16-13(18)20-10)12-15-8-3-1-2-4-9(8)19-12/h1-5,7H,(H,16,17,18)/b10-5+. The summed E-state index contributed by atoms with van der Waals surface area (Å²) in [6.45, 7) is 0. The summed E-state index contributed by atoms with van der Waals surface area (Å²) in [5, 5.41) is 12.5. The molecular weight excluding hydrogens is 310 g/mol. The van der Waals surface area contributed by atoms with E-state index in [2.05, 4.69) is 16.4 Å². The number of rotatable bonds is 2. The number of nitrogens with zero attached hydrogens (tertiary/aromatic N) is 2. The van der Waals surface area contributed by atoms with E-state index in [-0.39, 0.29) is 5.91 Å². The molecule has 98 valence electrons. The van der Waals surface area contributed by atoms with E-state index in [9.17, 15) is 10.1 Å². The summed E-state index contributed by atoms with van der Waals surface area (Å²) in [7, 11) is 0. The van der Waals surface area contributed by atoms with E-state index < -0.39 is 5.92 Å². The Balaban J connectivity index is 1.98. The van der Waals surface area contributed by atoms with Gasteiger partial charge in [0, 0.05) is 0 Å². The Morgan fingerprint density at radius 2 is 2.25 bits per heavy atom. The van der Waals surface area contributed by atoms with Gasteiger partial charge in [-0.2, -0.15) is 5.26 Å². The van der Waals surface area contributed by atoms with Crippen molar-refractivity contribution in [3.63, 3.8) is 0 Å². The van der Waals surface area contributed by atoms with Gasteiger partial charge in [0.1, 0.15) is 15.2 Å². The lowest BCUT2D eigenvalue weighted by atomic mass is 10.1. The lowest BCUT2D eigenvalue weighted by Crippen LogP contribution is -2.17. The lowest BCUT2D eigenvalue weighted by Gasteiger charge is -1.98. The van der Waals surface area contributed by atoms with Gasteiger partial charge < -0.3 is 5.32 Å². The fourth-order valence-corrected chi connectivity index (χ4v) is 3.81. The average Bonchev–Trinajstić information content (AvgIpc) is 2.99. The minimum atomic E-state index is -0.540. The van der Waals surface area contributed by atoms with Gasteiger partial charge in [-0.3, -0.25) is 4.79 Å². The number of thioether (sulfide) groups is 1. The molecule has 0 spiro atoms. The van der Waals surface area contributed by atoms with E-state index in [0.717, 1.165) is 10.2 Å². The number of hydrogen-bond acceptors (Lipinski definition) is 6. The maximum Gasteiger partial charge on any atom is 0.263 e. The topological polar surface area (TPSA) is 65.8 Å². The van der Waals surface area contributed by atoms with Crippen LogP contribution in [0.5, 0.6) is 0 Å². The predicted molar refractivity (Wildman–Crippen MR) is 84.4 cm³/mol. The Kier molecular flexibility index (Phi) is 3.53. The van der Waals surface area contributed by atoms with Gasteiger partial charge >= 0.3 is 0 Å². The number of thiazole rings is 1. The number of amides is 1. The van der Waals surface area contributed by atoms with Crippen LogP contribution in [0.3, 0.4) is 0 Å². The second-order valence-electron chi connectivity index (χ2n) is 4.00. The molecule has 1 fully saturated rings. The monoisotopic (exact) mass is 317 g/mol. The number of hydrogen-bond donors (Lipinski definition) is 1. The Hall–Kier alpha value is -1.75. The SMILES string of the molecule is N#CC(/C=C1/SC(=S)NC1=O)c1nc2ccccc2s1. The van der Waals surface area contributed by atoms with Crippen molar-refractivity contribution in [1.82, 2.24) is 10.3 Å². The molecule has 1 N–H and O–H groups in total. The second-order valence-corrected chi connectivity index (χ2v) is 6.78. The number of para-hydroxylation sites is 1. The number of carbonyl (C=O) groups is 1. The highest BCUT2D eigenvalue weighted by atomic mass is 32.2. The molecule has 0 aliphatic carbocycles. The van der Waals surface area contributed by atoms with Crippen molar-refractivity contribution >= 4 is 55.8 Å². The van der Waals surface area contributed by atoms with Crippen LogP contribution in [-0.2, 0) is 4.79 Å². The molecule has 1 saturated heterocycles. The molecule has 4 nitrogen and oxygen atoms in total. The van der Waals surface area contributed by atoms with Gasteiger partial charge in [-0.25, -0.2) is 4.98 Å². The first-order valence-corrected chi connectivity index (χ1v) is 7.71. The Morgan fingerprint density at radius 3 is 2.90 bits per heavy atom. The molecule has 2 aromatic rings. The first-order chi connectivity index (χ1) is 9.67. The van der Waals surface area contributed by atoms with E-state index in [1.807, 2.05) is 24.3 Å². The minimum absolute atomic E-state index is 0.249. The molecule has 7 heteroatoms. The van der Waals surface area contributed by atoms with Crippen LogP contribution in [0.2, 0.25) is 0 Å². The number of fused-ring (bicyclic) bond motifs is 1. The zero-order valence-electron chi connectivity index (χ0n) is 9.99. The molecule has 1 atom stereocenters. The largest absolute Gasteiger partial charge is 0.307 e. The number of allylic oxidation sites excluding steroid dienone is 1. The Labute approximate surface area is 128 Å². The molecule has 1 aromatic heterocycles. The molecule has 1 unspecified atom stereocenters. The molecule has 1 aliphatic rings. The third-order valence-corrected chi connectivity index (χ3v) is 4.98. The smallest absolute Gasteiger partial charge is 0.263 e. The predicted octanol–water partition coefficient (Wildman–Crippen LogP) is 2.94. The highest BCUT2D eigenvalue weighted by Crippen LogP contribution is 2.32. The number of carbonyl (C=O) groups excluding carboxylic acids is 1. The van der Waals surface area contributed by atoms with Gasteiger partial charge in [0.25, 0.3) is 5.91 Å². The van der Waals surface area contributed by atoms with Crippen LogP contribution in [0.15, 0.2) is 35.2 Å². The summed E-state index contributed by atoms with van der Waals surface area (Å²) in [6.07, 6.45) is 1.62. The van der Waals surface area contributed by atoms with E-state index in [1.165, 1.54) is 23.1 Å². The first-order valence-electron chi connectivity index (χ1n) is 5.67. The zero-order valence-corrected chi connectivity index (χ0v) is 12.4. The van der Waals surface area contributed by atoms with Crippen molar-refractivity contribution in [1.29, 1.82) is 5.26 Å². The number of thiocarbonyl (C=S) groups is 1. The summed E-state index contributed by atoms with van der Waals surface area (Å²) in [6, 6.07) is 9.89. The van der Waals surface area contributed by atoms with Crippen molar-refractivity contribution in [3.05, 3.63) is 40.3 Å². The molecule has 1 aromatic carbocycles. The van der Waals surface area contributed by atoms with Crippen LogP contribution in [0.4, 0.5) is 0 Å². The quantitative estimate of drug-likeness (QED) is 0.681. The van der Waals surface area contributed by atoms with E-state index in [1.54, 1.807) is 6.08 Å². The first kappa shape index (κ1) is 13.2. The summed E-state index contributed by atoms with van der Waals surface area (Å²) >= 11 is 7.57. The lowest BCUT2D eigenvalue weighted by molar-refractivity contribution is -0.115. The van der Waals surface area contributed by atoms with Crippen molar-refractivity contribution in [2.45, 2.75) is 5.92 Å². The summed E-state index contributed by atoms with van der Waals surface area (Å²) in [4.78, 5) is 16.5. The zero-order chi connectivity index (χ0) is 14.1. The van der Waals surface area contributed by atoms with Crippen LogP contribution in [0, 0.1) is 11.3 Å². The van der Waals surface area contributed by atoms with Crippen LogP contribution in [-0.4, -0.2) is 15.2 Å². The van der Waals surface area contributed by atoms with Crippen molar-refractivity contribution in [2.24, 2.45) is 0 Å². The van der Waals surface area contributed by atoms with Gasteiger partial charge in [-0.1, -0.05) is 36.1 Å². The van der Waals surface area contributed by atoms with E-state index >= 15 is 0 Å². The highest BCUT2D eigenvalue weighted by Gasteiger charge is 2.25. The molecule has 0 saturated carbocycles. The summed E-state index contributed by atoms with van der Waals surface area (Å²) in [5.74, 6) is -0.789. The molecule has 0 radical (unpaired) electrons. The molecule has 1 amide bonds. The number of benzene rings is 1. The highest BCUT2D eigenvalue weighted by molar-refractivity contribution is 8.26. The number of aromatic nitrogens is 1. The average molecular weight is 317 g/mol. The molecule has 1 aliphatic heterocycles. The molecular formula is C13H7N3OS3. The van der Waals surface area contributed by atoms with Crippen molar-refractivity contribution in [3.8, 4) is 6.07 Å². The van der Waals surface area contributed by atoms with Crippen LogP contribution in [0.25, 0.3) is 10.2 Å². The maximum absolute atomic E-state index is 11.6. The van der Waals surface area contributed by atoms with Crippen molar-refractivity contribution < 1.29 is 4.79 Å². The Bertz CT molecular complexity index is 755. The van der Waals surface area contributed by atoms with Gasteiger partial charge in [-0.05, 0) is 18.2 Å². The third kappa shape index (κ3) is 2.45. The number of nitriles is 1. The van der Waals surface area contributed by atoms with E-state index in [4.69, 9.17) is 12.2 Å². The fourth-order valence-electron chi connectivity index (χ4n) is 1.77. The molecule has 2 heterocycles. The fraction of sp³-hybridized carbons (Fsp3) is 0.0769. The van der Waals surface area contributed by atoms with Gasteiger partial charge in [-0.15, -0.1) is 11.3 Å². The maximum atomic E-state index is 11.6. The van der Waals surface area contributed by atoms with Gasteiger partial charge in [0.15, 0.2) is 0 Å². The molecule has 0 bridgehead atoms. The number of nitrogens with one attached hydrogen (secondary N) is 1. The summed E-state index contributed by atoms with van der Waals surface area (Å²) in [5.41, 5.74) is 0.866. The second kappa shape index (κ2) is 5.32. The van der Waals surface area contributed by atoms with Crippen LogP contribution < -0.4 is 5.32 Å². The van der Waals surface area contributed by atoms with Crippen molar-refractivity contribution in [2.75, 3.05) is 0 Å². The normalized spacial score (nSPS) is 18.2. The van der Waals surface area contributed by atoms with E-state index in [0.29, 0.717) is 14.2 Å². The minimum Gasteiger partial charge on any atom is -0.307 e. The van der Waals surface area contributed by atoms with Gasteiger partial charge in [0.2, 0.25) is 0 Å². The van der Waals surface area contributed by atoms with Gasteiger partial charge in [0.05, 0.1) is 21.2 Å². The third-order valence-electron chi connectivity index (χ3n) is 2.68.